The zero-order valence-corrected chi connectivity index (χ0v) is 11.6. The molecule has 1 aliphatic rings. The number of nitrogens with zero attached hydrogens (tertiary/aromatic N) is 1. The van der Waals surface area contributed by atoms with Gasteiger partial charge in [0.05, 0.1) is 6.20 Å². The van der Waals surface area contributed by atoms with E-state index in [4.69, 9.17) is 10.2 Å². The van der Waals surface area contributed by atoms with Gasteiger partial charge in [-0.3, -0.25) is 0 Å². The van der Waals surface area contributed by atoms with Crippen molar-refractivity contribution < 1.29 is 4.42 Å². The number of oxazole rings is 1. The first-order valence-electron chi connectivity index (χ1n) is 7.32. The number of hydrogen-bond acceptors (Lipinski definition) is 4. The summed E-state index contributed by atoms with van der Waals surface area (Å²) < 4.78 is 5.35. The lowest BCUT2D eigenvalue weighted by molar-refractivity contribution is 0.332. The van der Waals surface area contributed by atoms with Gasteiger partial charge in [-0.2, -0.15) is 0 Å². The molecule has 4 nitrogen and oxygen atoms in total. The number of aromatic nitrogens is 1. The van der Waals surface area contributed by atoms with Crippen molar-refractivity contribution in [3.63, 3.8) is 0 Å². The van der Waals surface area contributed by atoms with Gasteiger partial charge < -0.3 is 15.5 Å². The minimum Gasteiger partial charge on any atom is -0.444 e. The summed E-state index contributed by atoms with van der Waals surface area (Å²) in [6.07, 6.45) is 8.22. The predicted molar refractivity (Wildman–Crippen MR) is 80.4 cm³/mol. The van der Waals surface area contributed by atoms with E-state index in [-0.39, 0.29) is 0 Å². The van der Waals surface area contributed by atoms with E-state index in [1.165, 1.54) is 32.1 Å². The molecule has 0 amide bonds. The first-order valence-corrected chi connectivity index (χ1v) is 7.32. The van der Waals surface area contributed by atoms with Crippen molar-refractivity contribution in [1.82, 2.24) is 4.98 Å². The van der Waals surface area contributed by atoms with Crippen LogP contribution in [0.25, 0.3) is 11.3 Å². The maximum atomic E-state index is 5.89. The van der Waals surface area contributed by atoms with Crippen LogP contribution >= 0.6 is 0 Å². The number of nitrogens with one attached hydrogen (secondary N) is 1. The lowest BCUT2D eigenvalue weighted by Crippen LogP contribution is -2.36. The van der Waals surface area contributed by atoms with Crippen LogP contribution in [0.4, 0.5) is 5.69 Å². The first kappa shape index (κ1) is 13.2. The fourth-order valence-electron chi connectivity index (χ4n) is 3.01. The molecule has 0 spiro atoms. The largest absolute Gasteiger partial charge is 0.444 e. The Morgan fingerprint density at radius 3 is 3.00 bits per heavy atom. The van der Waals surface area contributed by atoms with E-state index >= 15 is 0 Å². The Bertz CT molecular complexity index is 538. The van der Waals surface area contributed by atoms with E-state index in [1.807, 2.05) is 12.1 Å². The molecular formula is C16H21N3O. The molecule has 1 heterocycles. The summed E-state index contributed by atoms with van der Waals surface area (Å²) in [5.74, 6) is 1.38. The highest BCUT2D eigenvalue weighted by atomic mass is 16.3. The number of benzene rings is 1. The molecule has 106 valence electrons. The molecule has 0 aliphatic heterocycles. The highest BCUT2D eigenvalue weighted by molar-refractivity contribution is 5.63. The third kappa shape index (κ3) is 2.85. The van der Waals surface area contributed by atoms with E-state index in [0.29, 0.717) is 12.0 Å². The van der Waals surface area contributed by atoms with Crippen LogP contribution in [0.15, 0.2) is 41.3 Å². The maximum Gasteiger partial charge on any atom is 0.181 e. The van der Waals surface area contributed by atoms with Crippen molar-refractivity contribution in [3.8, 4) is 11.3 Å². The molecule has 2 atom stereocenters. The fourth-order valence-corrected chi connectivity index (χ4v) is 3.01. The molecule has 0 radical (unpaired) electrons. The Balaban J connectivity index is 1.75. The molecule has 20 heavy (non-hydrogen) atoms. The number of rotatable bonds is 4. The van der Waals surface area contributed by atoms with Crippen molar-refractivity contribution in [2.75, 3.05) is 11.9 Å². The van der Waals surface area contributed by atoms with Gasteiger partial charge in [0.1, 0.15) is 0 Å². The number of anilines is 1. The second-order valence-corrected chi connectivity index (χ2v) is 5.48. The Hall–Kier alpha value is -1.81. The average Bonchev–Trinajstić information content (AvgIpc) is 3.02. The number of nitrogens with two attached hydrogens (primary N) is 1. The molecule has 2 unspecified atom stereocenters. The van der Waals surface area contributed by atoms with Crippen LogP contribution in [-0.4, -0.2) is 17.6 Å². The van der Waals surface area contributed by atoms with Crippen LogP contribution in [0, 0.1) is 5.92 Å². The van der Waals surface area contributed by atoms with Crippen LogP contribution in [0.2, 0.25) is 0 Å². The fraction of sp³-hybridized carbons (Fsp3) is 0.438. The molecule has 1 aromatic heterocycles. The smallest absolute Gasteiger partial charge is 0.181 e. The van der Waals surface area contributed by atoms with Gasteiger partial charge in [-0.15, -0.1) is 0 Å². The summed E-state index contributed by atoms with van der Waals surface area (Å²) in [6.45, 7) is 0.763. The van der Waals surface area contributed by atoms with Crippen LogP contribution in [-0.2, 0) is 0 Å². The van der Waals surface area contributed by atoms with E-state index in [2.05, 4.69) is 22.4 Å². The molecule has 1 saturated carbocycles. The van der Waals surface area contributed by atoms with Crippen LogP contribution in [0.5, 0.6) is 0 Å². The highest BCUT2D eigenvalue weighted by Crippen LogP contribution is 2.28. The van der Waals surface area contributed by atoms with Gasteiger partial charge >= 0.3 is 0 Å². The summed E-state index contributed by atoms with van der Waals surface area (Å²) in [7, 11) is 0. The minimum absolute atomic E-state index is 0.485. The Morgan fingerprint density at radius 2 is 2.20 bits per heavy atom. The molecule has 0 saturated heterocycles. The standard InChI is InChI=1S/C16H21N3O/c17-9-13-4-1-2-7-15(13)19-14-6-3-5-12(8-14)16-10-18-11-20-16/h3,5-6,8,10-11,13,15,19H,1-2,4,7,9,17H2. The molecular weight excluding hydrogens is 250 g/mol. The Morgan fingerprint density at radius 1 is 1.30 bits per heavy atom. The second kappa shape index (κ2) is 6.09. The van der Waals surface area contributed by atoms with Gasteiger partial charge in [0, 0.05) is 17.3 Å². The minimum atomic E-state index is 0.485. The monoisotopic (exact) mass is 271 g/mol. The van der Waals surface area contributed by atoms with Crippen molar-refractivity contribution in [2.45, 2.75) is 31.7 Å². The van der Waals surface area contributed by atoms with Crippen molar-refractivity contribution in [1.29, 1.82) is 0 Å². The molecule has 1 aromatic carbocycles. The SMILES string of the molecule is NCC1CCCCC1Nc1cccc(-c2cnco2)c1. The van der Waals surface area contributed by atoms with E-state index in [1.54, 1.807) is 6.20 Å². The van der Waals surface area contributed by atoms with Gasteiger partial charge in [0.15, 0.2) is 12.2 Å². The van der Waals surface area contributed by atoms with Crippen LogP contribution < -0.4 is 11.1 Å². The summed E-state index contributed by atoms with van der Waals surface area (Å²) in [4.78, 5) is 3.97. The molecule has 3 N–H and O–H groups in total. The van der Waals surface area contributed by atoms with Gasteiger partial charge in [-0.05, 0) is 37.4 Å². The predicted octanol–water partition coefficient (Wildman–Crippen LogP) is 3.27. The molecule has 1 aliphatic carbocycles. The van der Waals surface area contributed by atoms with E-state index < -0.39 is 0 Å². The molecule has 0 bridgehead atoms. The van der Waals surface area contributed by atoms with E-state index in [9.17, 15) is 0 Å². The van der Waals surface area contributed by atoms with Gasteiger partial charge in [-0.25, -0.2) is 4.98 Å². The zero-order chi connectivity index (χ0) is 13.8. The summed E-state index contributed by atoms with van der Waals surface area (Å²) in [5.41, 5.74) is 8.07. The topological polar surface area (TPSA) is 64.1 Å². The number of hydrogen-bond donors (Lipinski definition) is 2. The Kier molecular flexibility index (Phi) is 4.02. The first-order chi connectivity index (χ1) is 9.86. The zero-order valence-electron chi connectivity index (χ0n) is 11.6. The third-order valence-corrected chi connectivity index (χ3v) is 4.14. The van der Waals surface area contributed by atoms with Gasteiger partial charge in [0.25, 0.3) is 0 Å². The highest BCUT2D eigenvalue weighted by Gasteiger charge is 2.23. The van der Waals surface area contributed by atoms with Crippen LogP contribution in [0.3, 0.4) is 0 Å². The molecule has 3 rings (SSSR count). The average molecular weight is 271 g/mol. The maximum absolute atomic E-state index is 5.89. The van der Waals surface area contributed by atoms with Crippen molar-refractivity contribution in [3.05, 3.63) is 36.9 Å². The second-order valence-electron chi connectivity index (χ2n) is 5.48. The van der Waals surface area contributed by atoms with Crippen molar-refractivity contribution >= 4 is 5.69 Å². The lowest BCUT2D eigenvalue weighted by Gasteiger charge is -2.32. The van der Waals surface area contributed by atoms with Gasteiger partial charge in [0.2, 0.25) is 0 Å². The summed E-state index contributed by atoms with van der Waals surface area (Å²) in [6, 6.07) is 8.77. The normalized spacial score (nSPS) is 22.6. The summed E-state index contributed by atoms with van der Waals surface area (Å²) in [5, 5.41) is 3.64. The molecule has 2 aromatic rings. The Labute approximate surface area is 119 Å². The van der Waals surface area contributed by atoms with Crippen molar-refractivity contribution in [2.24, 2.45) is 11.7 Å². The quantitative estimate of drug-likeness (QED) is 0.895. The van der Waals surface area contributed by atoms with Crippen LogP contribution in [0.1, 0.15) is 25.7 Å². The van der Waals surface area contributed by atoms with E-state index in [0.717, 1.165) is 23.6 Å². The molecule has 4 heteroatoms. The van der Waals surface area contributed by atoms with Gasteiger partial charge in [-0.1, -0.05) is 25.0 Å². The lowest BCUT2D eigenvalue weighted by atomic mass is 9.84. The molecule has 1 fully saturated rings. The third-order valence-electron chi connectivity index (χ3n) is 4.14. The summed E-state index contributed by atoms with van der Waals surface area (Å²) >= 11 is 0.